The monoisotopic (exact) mass is 262 g/mol. The molecule has 7 heteroatoms. The highest BCUT2D eigenvalue weighted by molar-refractivity contribution is 6.33. The number of nitrogens with zero attached hydrogens (tertiary/aromatic N) is 2. The molecule has 0 aliphatic rings. The first kappa shape index (κ1) is 13.0. The van der Waals surface area contributed by atoms with Crippen molar-refractivity contribution >= 4 is 34.9 Å². The molecular formula is C9H12Cl2N4O. The van der Waals surface area contributed by atoms with Crippen LogP contribution in [0.3, 0.4) is 0 Å². The van der Waals surface area contributed by atoms with E-state index in [0.717, 1.165) is 0 Å². The van der Waals surface area contributed by atoms with Gasteiger partial charge < -0.3 is 11.1 Å². The van der Waals surface area contributed by atoms with Crippen LogP contribution in [-0.4, -0.2) is 22.4 Å². The Bertz CT molecular complexity index is 408. The van der Waals surface area contributed by atoms with Crippen LogP contribution in [0.4, 0.5) is 5.82 Å². The maximum absolute atomic E-state index is 11.1. The van der Waals surface area contributed by atoms with E-state index in [1.807, 2.05) is 0 Å². The van der Waals surface area contributed by atoms with E-state index in [2.05, 4.69) is 15.3 Å². The summed E-state index contributed by atoms with van der Waals surface area (Å²) in [7, 11) is 0. The van der Waals surface area contributed by atoms with E-state index in [-0.39, 0.29) is 5.28 Å². The Kier molecular flexibility index (Phi) is 3.93. The molecule has 1 amide bonds. The first-order valence-corrected chi connectivity index (χ1v) is 5.30. The van der Waals surface area contributed by atoms with E-state index in [9.17, 15) is 4.79 Å². The first-order valence-electron chi connectivity index (χ1n) is 4.55. The third-order valence-electron chi connectivity index (χ3n) is 2.08. The number of nitrogens with two attached hydrogens (primary N) is 1. The molecule has 0 saturated heterocycles. The fourth-order valence-electron chi connectivity index (χ4n) is 0.861. The minimum Gasteiger partial charge on any atom is -0.369 e. The van der Waals surface area contributed by atoms with Crippen molar-refractivity contribution in [2.75, 3.05) is 11.9 Å². The Morgan fingerprint density at radius 2 is 2.19 bits per heavy atom. The quantitative estimate of drug-likeness (QED) is 0.810. The van der Waals surface area contributed by atoms with Gasteiger partial charge in [-0.3, -0.25) is 4.79 Å². The van der Waals surface area contributed by atoms with Crippen LogP contribution in [0.15, 0.2) is 6.20 Å². The summed E-state index contributed by atoms with van der Waals surface area (Å²) >= 11 is 11.5. The van der Waals surface area contributed by atoms with E-state index >= 15 is 0 Å². The predicted octanol–water partition coefficient (Wildman–Crippen LogP) is 1.71. The first-order chi connectivity index (χ1) is 7.33. The number of halogens is 2. The molecule has 0 fully saturated rings. The average Bonchev–Trinajstić information content (AvgIpc) is 2.19. The Morgan fingerprint density at radius 3 is 2.75 bits per heavy atom. The van der Waals surface area contributed by atoms with Gasteiger partial charge in [0.25, 0.3) is 0 Å². The Labute approximate surface area is 103 Å². The average molecular weight is 263 g/mol. The second kappa shape index (κ2) is 4.84. The number of carbonyl (C=O) groups is 1. The van der Waals surface area contributed by atoms with Gasteiger partial charge in [0.2, 0.25) is 11.2 Å². The highest BCUT2D eigenvalue weighted by Gasteiger charge is 2.25. The van der Waals surface area contributed by atoms with Gasteiger partial charge in [-0.1, -0.05) is 11.6 Å². The molecule has 0 aliphatic heterocycles. The van der Waals surface area contributed by atoms with Crippen molar-refractivity contribution in [2.24, 2.45) is 11.1 Å². The fourth-order valence-corrected chi connectivity index (χ4v) is 1.15. The normalized spacial score (nSPS) is 11.2. The molecule has 1 aromatic rings. The summed E-state index contributed by atoms with van der Waals surface area (Å²) in [6.07, 6.45) is 1.39. The Hall–Kier alpha value is -1.07. The topological polar surface area (TPSA) is 80.9 Å². The molecule has 0 radical (unpaired) electrons. The molecule has 0 aliphatic carbocycles. The van der Waals surface area contributed by atoms with Gasteiger partial charge in [-0.15, -0.1) is 0 Å². The highest BCUT2D eigenvalue weighted by atomic mass is 35.5. The second-order valence-corrected chi connectivity index (χ2v) is 4.68. The lowest BCUT2D eigenvalue weighted by atomic mass is 9.93. The molecule has 0 spiro atoms. The van der Waals surface area contributed by atoms with Crippen molar-refractivity contribution in [3.8, 4) is 0 Å². The number of nitrogens with one attached hydrogen (secondary N) is 1. The van der Waals surface area contributed by atoms with Crippen LogP contribution in [-0.2, 0) is 4.79 Å². The van der Waals surface area contributed by atoms with Gasteiger partial charge in [-0.05, 0) is 25.4 Å². The standard InChI is InChI=1S/C9H12Cl2N4O/c1-9(2,7(12)16)4-14-6-5(10)3-13-8(11)15-6/h3H,4H2,1-2H3,(H2,12,16)(H,13,14,15). The van der Waals surface area contributed by atoms with E-state index in [1.54, 1.807) is 13.8 Å². The van der Waals surface area contributed by atoms with Crippen molar-refractivity contribution in [1.29, 1.82) is 0 Å². The molecule has 0 aromatic carbocycles. The Morgan fingerprint density at radius 1 is 1.56 bits per heavy atom. The van der Waals surface area contributed by atoms with Crippen LogP contribution in [0.25, 0.3) is 0 Å². The maximum Gasteiger partial charge on any atom is 0.224 e. The van der Waals surface area contributed by atoms with E-state index in [1.165, 1.54) is 6.20 Å². The number of rotatable bonds is 4. The van der Waals surface area contributed by atoms with Crippen molar-refractivity contribution < 1.29 is 4.79 Å². The number of amides is 1. The minimum absolute atomic E-state index is 0.0868. The van der Waals surface area contributed by atoms with Crippen LogP contribution < -0.4 is 11.1 Å². The lowest BCUT2D eigenvalue weighted by molar-refractivity contribution is -0.125. The van der Waals surface area contributed by atoms with Gasteiger partial charge >= 0.3 is 0 Å². The summed E-state index contributed by atoms with van der Waals surface area (Å²) < 4.78 is 0. The number of aromatic nitrogens is 2. The van der Waals surface area contributed by atoms with Crippen LogP contribution >= 0.6 is 23.2 Å². The molecule has 1 aromatic heterocycles. The van der Waals surface area contributed by atoms with Gasteiger partial charge in [-0.2, -0.15) is 4.98 Å². The van der Waals surface area contributed by atoms with Gasteiger partial charge in [0, 0.05) is 6.54 Å². The van der Waals surface area contributed by atoms with Crippen molar-refractivity contribution in [3.63, 3.8) is 0 Å². The lowest BCUT2D eigenvalue weighted by Crippen LogP contribution is -2.37. The summed E-state index contributed by atoms with van der Waals surface area (Å²) in [5.74, 6) is -0.0210. The van der Waals surface area contributed by atoms with Crippen LogP contribution in [0, 0.1) is 5.41 Å². The number of primary amides is 1. The molecule has 0 atom stereocenters. The van der Waals surface area contributed by atoms with Crippen LogP contribution in [0.2, 0.25) is 10.3 Å². The zero-order valence-electron chi connectivity index (χ0n) is 8.92. The van der Waals surface area contributed by atoms with Gasteiger partial charge in [0.1, 0.15) is 10.8 Å². The molecule has 0 bridgehead atoms. The lowest BCUT2D eigenvalue weighted by Gasteiger charge is -2.21. The van der Waals surface area contributed by atoms with Crippen molar-refractivity contribution in [1.82, 2.24) is 9.97 Å². The summed E-state index contributed by atoms with van der Waals surface area (Å²) in [5, 5.41) is 3.33. The second-order valence-electron chi connectivity index (χ2n) is 3.94. The van der Waals surface area contributed by atoms with E-state index < -0.39 is 11.3 Å². The predicted molar refractivity (Wildman–Crippen MR) is 63.5 cm³/mol. The molecule has 16 heavy (non-hydrogen) atoms. The molecule has 3 N–H and O–H groups in total. The van der Waals surface area contributed by atoms with E-state index in [4.69, 9.17) is 28.9 Å². The van der Waals surface area contributed by atoms with Crippen LogP contribution in [0.5, 0.6) is 0 Å². The zero-order valence-corrected chi connectivity index (χ0v) is 10.4. The number of hydrogen-bond donors (Lipinski definition) is 2. The summed E-state index contributed by atoms with van der Waals surface area (Å²) in [5.41, 5.74) is 4.54. The smallest absolute Gasteiger partial charge is 0.224 e. The zero-order chi connectivity index (χ0) is 12.3. The number of hydrogen-bond acceptors (Lipinski definition) is 4. The fraction of sp³-hybridized carbons (Fsp3) is 0.444. The summed E-state index contributed by atoms with van der Waals surface area (Å²) in [6.45, 7) is 3.76. The highest BCUT2D eigenvalue weighted by Crippen LogP contribution is 2.22. The van der Waals surface area contributed by atoms with E-state index in [0.29, 0.717) is 17.4 Å². The molecular weight excluding hydrogens is 251 g/mol. The molecule has 88 valence electrons. The molecule has 0 unspecified atom stereocenters. The van der Waals surface area contributed by atoms with Gasteiger partial charge in [0.05, 0.1) is 11.6 Å². The number of anilines is 1. The minimum atomic E-state index is -0.694. The SMILES string of the molecule is CC(C)(CNc1nc(Cl)ncc1Cl)C(N)=O. The number of carbonyl (C=O) groups excluding carboxylic acids is 1. The third-order valence-corrected chi connectivity index (χ3v) is 2.54. The van der Waals surface area contributed by atoms with Gasteiger partial charge in [0.15, 0.2) is 0 Å². The maximum atomic E-state index is 11.1. The summed E-state index contributed by atoms with van der Waals surface area (Å²) in [6, 6.07) is 0. The van der Waals surface area contributed by atoms with Gasteiger partial charge in [-0.25, -0.2) is 4.98 Å². The van der Waals surface area contributed by atoms with Crippen molar-refractivity contribution in [2.45, 2.75) is 13.8 Å². The van der Waals surface area contributed by atoms with Crippen molar-refractivity contribution in [3.05, 3.63) is 16.5 Å². The third kappa shape index (κ3) is 3.21. The molecule has 0 saturated carbocycles. The Balaban J connectivity index is 2.75. The molecule has 1 heterocycles. The molecule has 1 rings (SSSR count). The summed E-state index contributed by atoms with van der Waals surface area (Å²) in [4.78, 5) is 18.7. The largest absolute Gasteiger partial charge is 0.369 e. The van der Waals surface area contributed by atoms with Crippen LogP contribution in [0.1, 0.15) is 13.8 Å². The molecule has 5 nitrogen and oxygen atoms in total.